The molecular formula is C25H52. The van der Waals surface area contributed by atoms with Crippen LogP contribution in [0.3, 0.4) is 0 Å². The Labute approximate surface area is 161 Å². The average molecular weight is 353 g/mol. The van der Waals surface area contributed by atoms with Gasteiger partial charge in [-0.3, -0.25) is 0 Å². The van der Waals surface area contributed by atoms with Gasteiger partial charge < -0.3 is 0 Å². The zero-order valence-corrected chi connectivity index (χ0v) is 20.2. The van der Waals surface area contributed by atoms with Crippen LogP contribution in [0.5, 0.6) is 0 Å². The van der Waals surface area contributed by atoms with Crippen molar-refractivity contribution in [3.05, 3.63) is 0 Å². The lowest BCUT2D eigenvalue weighted by molar-refractivity contribution is 0.106. The van der Waals surface area contributed by atoms with Crippen LogP contribution in [-0.2, 0) is 0 Å². The maximum atomic E-state index is 2.41. The van der Waals surface area contributed by atoms with E-state index < -0.39 is 0 Å². The molecule has 0 saturated heterocycles. The maximum Gasteiger partial charge on any atom is -0.0297 e. The minimum Gasteiger partial charge on any atom is -0.0602 e. The summed E-state index contributed by atoms with van der Waals surface area (Å²) < 4.78 is 0. The van der Waals surface area contributed by atoms with E-state index in [1.54, 1.807) is 0 Å². The zero-order valence-electron chi connectivity index (χ0n) is 20.2. The van der Waals surface area contributed by atoms with Crippen molar-refractivity contribution >= 4 is 0 Å². The zero-order chi connectivity index (χ0) is 20.2. The predicted octanol–water partition coefficient (Wildman–Crippen LogP) is 9.28. The fraction of sp³-hybridized carbons (Fsp3) is 1.00. The van der Waals surface area contributed by atoms with Gasteiger partial charge in [-0.15, -0.1) is 0 Å². The summed E-state index contributed by atoms with van der Waals surface area (Å²) in [6, 6.07) is 0. The third-order valence-electron chi connectivity index (χ3n) is 5.62. The molecule has 0 heterocycles. The molecule has 0 radical (unpaired) electrons. The van der Waals surface area contributed by atoms with Gasteiger partial charge >= 0.3 is 0 Å². The van der Waals surface area contributed by atoms with E-state index in [2.05, 4.69) is 83.1 Å². The van der Waals surface area contributed by atoms with Gasteiger partial charge in [-0.05, 0) is 78.4 Å². The molecule has 0 spiro atoms. The van der Waals surface area contributed by atoms with Crippen LogP contribution in [0, 0.1) is 27.1 Å². The molecule has 0 fully saturated rings. The van der Waals surface area contributed by atoms with Crippen molar-refractivity contribution in [1.29, 1.82) is 0 Å². The first-order chi connectivity index (χ1) is 10.8. The highest BCUT2D eigenvalue weighted by molar-refractivity contribution is 4.86. The van der Waals surface area contributed by atoms with Crippen LogP contribution >= 0.6 is 0 Å². The van der Waals surface area contributed by atoms with E-state index in [1.165, 1.54) is 51.4 Å². The van der Waals surface area contributed by atoms with Crippen molar-refractivity contribution in [2.75, 3.05) is 0 Å². The average Bonchev–Trinajstić information content (AvgIpc) is 2.33. The minimum atomic E-state index is 0.441. The fourth-order valence-electron chi connectivity index (χ4n) is 3.31. The standard InChI is InChI=1S/C25H52/c1-21(2,3)13-17-25(18-14-22(4,5)6,19-15-23(7,8)9)20-16-24(10,11)12/h13-20H2,1-12H3. The van der Waals surface area contributed by atoms with Crippen LogP contribution in [0.2, 0.25) is 0 Å². The van der Waals surface area contributed by atoms with E-state index in [0.717, 1.165) is 0 Å². The Morgan fingerprint density at radius 1 is 0.280 bits per heavy atom. The summed E-state index contributed by atoms with van der Waals surface area (Å²) in [6.45, 7) is 28.9. The summed E-state index contributed by atoms with van der Waals surface area (Å²) in [7, 11) is 0. The quantitative estimate of drug-likeness (QED) is 0.408. The van der Waals surface area contributed by atoms with Crippen LogP contribution in [0.1, 0.15) is 134 Å². The van der Waals surface area contributed by atoms with Gasteiger partial charge in [0, 0.05) is 0 Å². The second-order valence-corrected chi connectivity index (χ2v) is 13.7. The van der Waals surface area contributed by atoms with Crippen molar-refractivity contribution in [1.82, 2.24) is 0 Å². The first-order valence-electron chi connectivity index (χ1n) is 10.8. The lowest BCUT2D eigenvalue weighted by Crippen LogP contribution is -2.28. The molecule has 0 heteroatoms. The second kappa shape index (κ2) is 8.79. The normalized spacial score (nSPS) is 14.9. The summed E-state index contributed by atoms with van der Waals surface area (Å²) in [4.78, 5) is 0. The van der Waals surface area contributed by atoms with Crippen molar-refractivity contribution in [3.8, 4) is 0 Å². The Kier molecular flexibility index (Phi) is 8.79. The molecule has 0 N–H and O–H groups in total. The van der Waals surface area contributed by atoms with E-state index in [4.69, 9.17) is 0 Å². The van der Waals surface area contributed by atoms with Gasteiger partial charge in [0.15, 0.2) is 0 Å². The Bertz CT molecular complexity index is 281. The van der Waals surface area contributed by atoms with Crippen LogP contribution in [0.25, 0.3) is 0 Å². The number of hydrogen-bond donors (Lipinski definition) is 0. The highest BCUT2D eigenvalue weighted by atomic mass is 14.4. The summed E-state index contributed by atoms with van der Waals surface area (Å²) in [5.41, 5.74) is 2.29. The molecule has 0 aliphatic carbocycles. The second-order valence-electron chi connectivity index (χ2n) is 13.7. The molecule has 25 heavy (non-hydrogen) atoms. The molecule has 0 unspecified atom stereocenters. The molecule has 0 amide bonds. The molecule has 0 rings (SSSR count). The van der Waals surface area contributed by atoms with E-state index in [0.29, 0.717) is 27.1 Å². The van der Waals surface area contributed by atoms with Gasteiger partial charge in [0.05, 0.1) is 0 Å². The number of rotatable bonds is 8. The third-order valence-corrected chi connectivity index (χ3v) is 5.62. The Hall–Kier alpha value is 0. The van der Waals surface area contributed by atoms with Crippen molar-refractivity contribution in [2.45, 2.75) is 134 Å². The molecule has 0 aliphatic rings. The highest BCUT2D eigenvalue weighted by Crippen LogP contribution is 2.47. The summed E-state index contributed by atoms with van der Waals surface area (Å²) in [5.74, 6) is 0. The van der Waals surface area contributed by atoms with Gasteiger partial charge in [-0.2, -0.15) is 0 Å². The molecule has 0 nitrogen and oxygen atoms in total. The molecule has 152 valence electrons. The molecule has 0 bridgehead atoms. The van der Waals surface area contributed by atoms with Crippen LogP contribution < -0.4 is 0 Å². The maximum absolute atomic E-state index is 2.41. The SMILES string of the molecule is CC(C)(C)CCC(CCC(C)(C)C)(CCC(C)(C)C)CCC(C)(C)C. The lowest BCUT2D eigenvalue weighted by Gasteiger charge is -2.41. The summed E-state index contributed by atoms with van der Waals surface area (Å²) >= 11 is 0. The van der Waals surface area contributed by atoms with Gasteiger partial charge in [0.1, 0.15) is 0 Å². The first kappa shape index (κ1) is 25.0. The fourth-order valence-corrected chi connectivity index (χ4v) is 3.31. The largest absolute Gasteiger partial charge is 0.0602 e. The first-order valence-corrected chi connectivity index (χ1v) is 10.8. The predicted molar refractivity (Wildman–Crippen MR) is 117 cm³/mol. The number of hydrogen-bond acceptors (Lipinski definition) is 0. The molecule has 0 aromatic rings. The van der Waals surface area contributed by atoms with Crippen molar-refractivity contribution < 1.29 is 0 Å². The third kappa shape index (κ3) is 14.8. The minimum absolute atomic E-state index is 0.441. The molecule has 0 aromatic carbocycles. The van der Waals surface area contributed by atoms with E-state index in [9.17, 15) is 0 Å². The van der Waals surface area contributed by atoms with Crippen LogP contribution in [-0.4, -0.2) is 0 Å². The van der Waals surface area contributed by atoms with Gasteiger partial charge in [-0.1, -0.05) is 83.1 Å². The van der Waals surface area contributed by atoms with Gasteiger partial charge in [-0.25, -0.2) is 0 Å². The van der Waals surface area contributed by atoms with Crippen LogP contribution in [0.4, 0.5) is 0 Å². The monoisotopic (exact) mass is 352 g/mol. The van der Waals surface area contributed by atoms with E-state index in [1.807, 2.05) is 0 Å². The van der Waals surface area contributed by atoms with E-state index >= 15 is 0 Å². The molecule has 0 aromatic heterocycles. The molecule has 0 aliphatic heterocycles. The smallest absolute Gasteiger partial charge is 0.0297 e. The summed E-state index contributed by atoms with van der Waals surface area (Å²) in [5, 5.41) is 0. The van der Waals surface area contributed by atoms with Crippen molar-refractivity contribution in [3.63, 3.8) is 0 Å². The molecule has 0 atom stereocenters. The Morgan fingerprint density at radius 3 is 0.560 bits per heavy atom. The van der Waals surface area contributed by atoms with Crippen LogP contribution in [0.15, 0.2) is 0 Å². The highest BCUT2D eigenvalue weighted by Gasteiger charge is 2.34. The Morgan fingerprint density at radius 2 is 0.440 bits per heavy atom. The Balaban J connectivity index is 5.41. The van der Waals surface area contributed by atoms with Gasteiger partial charge in [0.2, 0.25) is 0 Å². The van der Waals surface area contributed by atoms with E-state index in [-0.39, 0.29) is 0 Å². The lowest BCUT2D eigenvalue weighted by atomic mass is 9.64. The topological polar surface area (TPSA) is 0 Å². The summed E-state index contributed by atoms with van der Waals surface area (Å²) in [6.07, 6.45) is 11.0. The molecule has 0 saturated carbocycles. The molecular weight excluding hydrogens is 300 g/mol. The van der Waals surface area contributed by atoms with Gasteiger partial charge in [0.25, 0.3) is 0 Å². The van der Waals surface area contributed by atoms with Crippen molar-refractivity contribution in [2.24, 2.45) is 27.1 Å².